The fourth-order valence-electron chi connectivity index (χ4n) is 0.888. The Morgan fingerprint density at radius 2 is 2.45 bits per heavy atom. The van der Waals surface area contributed by atoms with E-state index in [0.29, 0.717) is 0 Å². The van der Waals surface area contributed by atoms with Gasteiger partial charge in [-0.15, -0.1) is 0 Å². The van der Waals surface area contributed by atoms with Crippen molar-refractivity contribution in [1.29, 1.82) is 0 Å². The summed E-state index contributed by atoms with van der Waals surface area (Å²) in [6.07, 6.45) is -0.559. The number of β-amino-alcohol motifs (C(OH)–C–C–N with tert-alkyl or cyclic N) is 1. The molecule has 0 saturated carbocycles. The summed E-state index contributed by atoms with van der Waals surface area (Å²) in [7, 11) is 0. The Kier molecular flexibility index (Phi) is 2.43. The van der Waals surface area contributed by atoms with Crippen molar-refractivity contribution >= 4 is 5.97 Å². The third-order valence-electron chi connectivity index (χ3n) is 1.61. The lowest BCUT2D eigenvalue weighted by Gasteiger charge is -2.17. The standard InChI is InChI=1S/C6H11NO4/c1-4(6(9)10)7-2-5(8)3-11-7/h4-5,8H,2-3H2,1H3,(H,9,10)/t4?,5-/m0/s1. The molecule has 2 atom stereocenters. The fourth-order valence-corrected chi connectivity index (χ4v) is 0.888. The number of aliphatic hydroxyl groups excluding tert-OH is 1. The lowest BCUT2D eigenvalue weighted by molar-refractivity contribution is -0.171. The van der Waals surface area contributed by atoms with Crippen LogP contribution >= 0.6 is 0 Å². The summed E-state index contributed by atoms with van der Waals surface area (Å²) in [5.41, 5.74) is 0. The van der Waals surface area contributed by atoms with Crippen LogP contribution in [0.15, 0.2) is 0 Å². The number of aliphatic hydroxyl groups is 1. The van der Waals surface area contributed by atoms with E-state index < -0.39 is 18.1 Å². The Labute approximate surface area is 64.1 Å². The lowest BCUT2D eigenvalue weighted by Crippen LogP contribution is -2.36. The van der Waals surface area contributed by atoms with E-state index in [4.69, 9.17) is 15.1 Å². The zero-order valence-corrected chi connectivity index (χ0v) is 6.23. The number of nitrogens with zero attached hydrogens (tertiary/aromatic N) is 1. The zero-order chi connectivity index (χ0) is 8.43. The number of hydrogen-bond donors (Lipinski definition) is 2. The Bertz CT molecular complexity index is 161. The average molecular weight is 161 g/mol. The van der Waals surface area contributed by atoms with Gasteiger partial charge in [-0.25, -0.2) is 0 Å². The molecule has 1 rings (SSSR count). The van der Waals surface area contributed by atoms with Gasteiger partial charge in [-0.2, -0.15) is 5.06 Å². The molecular formula is C6H11NO4. The molecule has 64 valence electrons. The first-order valence-corrected chi connectivity index (χ1v) is 3.41. The maximum absolute atomic E-state index is 10.4. The van der Waals surface area contributed by atoms with Crippen LogP contribution in [0.4, 0.5) is 0 Å². The van der Waals surface area contributed by atoms with Gasteiger partial charge in [-0.1, -0.05) is 0 Å². The summed E-state index contributed by atoms with van der Waals surface area (Å²) < 4.78 is 0. The molecule has 0 radical (unpaired) electrons. The molecule has 0 amide bonds. The van der Waals surface area contributed by atoms with Crippen molar-refractivity contribution in [2.24, 2.45) is 0 Å². The van der Waals surface area contributed by atoms with Crippen molar-refractivity contribution in [3.8, 4) is 0 Å². The topological polar surface area (TPSA) is 70.0 Å². The Balaban J connectivity index is 2.43. The molecule has 0 spiro atoms. The van der Waals surface area contributed by atoms with Crippen molar-refractivity contribution in [3.05, 3.63) is 0 Å². The van der Waals surface area contributed by atoms with Crippen LogP contribution in [0.3, 0.4) is 0 Å². The Morgan fingerprint density at radius 3 is 2.82 bits per heavy atom. The van der Waals surface area contributed by atoms with Crippen molar-refractivity contribution in [3.63, 3.8) is 0 Å². The molecule has 1 unspecified atom stereocenters. The van der Waals surface area contributed by atoms with Crippen LogP contribution in [0.25, 0.3) is 0 Å². The minimum Gasteiger partial charge on any atom is -0.480 e. The van der Waals surface area contributed by atoms with Crippen LogP contribution in [0.2, 0.25) is 0 Å². The van der Waals surface area contributed by atoms with Crippen LogP contribution in [0.5, 0.6) is 0 Å². The van der Waals surface area contributed by atoms with Gasteiger partial charge in [0.15, 0.2) is 0 Å². The number of carboxylic acids is 1. The highest BCUT2D eigenvalue weighted by Crippen LogP contribution is 2.09. The van der Waals surface area contributed by atoms with Gasteiger partial charge in [-0.3, -0.25) is 9.63 Å². The third-order valence-corrected chi connectivity index (χ3v) is 1.61. The highest BCUT2D eigenvalue weighted by Gasteiger charge is 2.29. The largest absolute Gasteiger partial charge is 0.480 e. The normalized spacial score (nSPS) is 28.7. The van der Waals surface area contributed by atoms with Gasteiger partial charge in [0.2, 0.25) is 0 Å². The second kappa shape index (κ2) is 3.17. The molecular weight excluding hydrogens is 150 g/mol. The number of hydroxylamine groups is 2. The molecule has 0 aromatic heterocycles. The summed E-state index contributed by atoms with van der Waals surface area (Å²) in [5, 5.41) is 18.8. The second-order valence-corrected chi connectivity index (χ2v) is 2.56. The van der Waals surface area contributed by atoms with Gasteiger partial charge >= 0.3 is 5.97 Å². The zero-order valence-electron chi connectivity index (χ0n) is 6.23. The second-order valence-electron chi connectivity index (χ2n) is 2.56. The number of hydrogen-bond acceptors (Lipinski definition) is 4. The van der Waals surface area contributed by atoms with Gasteiger partial charge < -0.3 is 10.2 Å². The van der Waals surface area contributed by atoms with Crippen molar-refractivity contribution < 1.29 is 19.8 Å². The van der Waals surface area contributed by atoms with Gasteiger partial charge in [0.25, 0.3) is 0 Å². The van der Waals surface area contributed by atoms with Crippen molar-refractivity contribution in [1.82, 2.24) is 5.06 Å². The van der Waals surface area contributed by atoms with E-state index in [1.165, 1.54) is 12.0 Å². The lowest BCUT2D eigenvalue weighted by atomic mass is 10.3. The Hall–Kier alpha value is -0.650. The summed E-state index contributed by atoms with van der Waals surface area (Å²) in [6.45, 7) is 1.98. The molecule has 0 aromatic rings. The molecule has 11 heavy (non-hydrogen) atoms. The van der Waals surface area contributed by atoms with Gasteiger partial charge in [-0.05, 0) is 6.92 Å². The number of carboxylic acid groups (broad SMARTS) is 1. The molecule has 1 fully saturated rings. The van der Waals surface area contributed by atoms with Gasteiger partial charge in [0, 0.05) is 0 Å². The van der Waals surface area contributed by atoms with E-state index in [-0.39, 0.29) is 13.2 Å². The number of aliphatic carboxylic acids is 1. The molecule has 1 saturated heterocycles. The molecule has 5 nitrogen and oxygen atoms in total. The minimum atomic E-state index is -0.945. The summed E-state index contributed by atoms with van der Waals surface area (Å²) in [5.74, 6) is -0.945. The molecule has 0 bridgehead atoms. The van der Waals surface area contributed by atoms with Crippen molar-refractivity contribution in [2.75, 3.05) is 13.2 Å². The van der Waals surface area contributed by atoms with E-state index in [1.54, 1.807) is 0 Å². The SMILES string of the molecule is CC(C(=O)O)N1C[C@H](O)CO1. The van der Waals surface area contributed by atoms with E-state index in [1.807, 2.05) is 0 Å². The van der Waals surface area contributed by atoms with Crippen LogP contribution < -0.4 is 0 Å². The smallest absolute Gasteiger partial charge is 0.323 e. The van der Waals surface area contributed by atoms with E-state index in [2.05, 4.69) is 0 Å². The van der Waals surface area contributed by atoms with E-state index >= 15 is 0 Å². The summed E-state index contributed by atoms with van der Waals surface area (Å²) >= 11 is 0. The first kappa shape index (κ1) is 8.45. The van der Waals surface area contributed by atoms with Gasteiger partial charge in [0.1, 0.15) is 6.04 Å². The first-order valence-electron chi connectivity index (χ1n) is 3.41. The van der Waals surface area contributed by atoms with E-state index in [0.717, 1.165) is 0 Å². The molecule has 0 aromatic carbocycles. The predicted molar refractivity (Wildman–Crippen MR) is 35.8 cm³/mol. The first-order chi connectivity index (χ1) is 5.11. The highest BCUT2D eigenvalue weighted by molar-refractivity contribution is 5.72. The maximum Gasteiger partial charge on any atom is 0.323 e. The number of rotatable bonds is 2. The van der Waals surface area contributed by atoms with Crippen LogP contribution in [-0.4, -0.2) is 46.5 Å². The van der Waals surface area contributed by atoms with Gasteiger partial charge in [0.05, 0.1) is 19.3 Å². The van der Waals surface area contributed by atoms with Crippen molar-refractivity contribution in [2.45, 2.75) is 19.1 Å². The Morgan fingerprint density at radius 1 is 1.82 bits per heavy atom. The quantitative estimate of drug-likeness (QED) is 0.547. The summed E-state index contributed by atoms with van der Waals surface area (Å²) in [4.78, 5) is 15.3. The van der Waals surface area contributed by atoms with Crippen LogP contribution in [-0.2, 0) is 9.63 Å². The van der Waals surface area contributed by atoms with Crippen LogP contribution in [0, 0.1) is 0 Å². The molecule has 0 aliphatic carbocycles. The molecule has 1 aliphatic rings. The maximum atomic E-state index is 10.4. The predicted octanol–water partition coefficient (Wildman–Crippen LogP) is -0.932. The molecule has 1 aliphatic heterocycles. The molecule has 1 heterocycles. The number of carbonyl (C=O) groups is 1. The molecule has 5 heteroatoms. The average Bonchev–Trinajstić information content (AvgIpc) is 2.34. The van der Waals surface area contributed by atoms with E-state index in [9.17, 15) is 4.79 Å². The monoisotopic (exact) mass is 161 g/mol. The molecule has 2 N–H and O–H groups in total. The summed E-state index contributed by atoms with van der Waals surface area (Å²) in [6, 6.07) is -0.688. The fraction of sp³-hybridized carbons (Fsp3) is 0.833. The highest BCUT2D eigenvalue weighted by atomic mass is 16.7. The third kappa shape index (κ3) is 1.89. The minimum absolute atomic E-state index is 0.192. The van der Waals surface area contributed by atoms with Crippen LogP contribution in [0.1, 0.15) is 6.92 Å².